The van der Waals surface area contributed by atoms with Gasteiger partial charge in [0.2, 0.25) is 0 Å². The third-order valence-corrected chi connectivity index (χ3v) is 4.01. The third-order valence-electron chi connectivity index (χ3n) is 3.73. The summed E-state index contributed by atoms with van der Waals surface area (Å²) >= 11 is 0. The first kappa shape index (κ1) is 17.9. The maximum absolute atomic E-state index is 11.6. The van der Waals surface area contributed by atoms with Crippen molar-refractivity contribution in [2.24, 2.45) is 11.8 Å². The van der Waals surface area contributed by atoms with E-state index in [4.69, 9.17) is 4.74 Å². The van der Waals surface area contributed by atoms with Crippen LogP contribution in [0.3, 0.4) is 0 Å². The van der Waals surface area contributed by atoms with Gasteiger partial charge in [0.05, 0.1) is 5.66 Å². The minimum absolute atomic E-state index is 0.103. The summed E-state index contributed by atoms with van der Waals surface area (Å²) in [5.41, 5.74) is -0.413. The number of rotatable bonds is 3. The Morgan fingerprint density at radius 1 is 1.22 bits per heavy atom. The Morgan fingerprint density at radius 2 is 1.67 bits per heavy atom. The minimum atomic E-state index is -0.304. The lowest BCUT2D eigenvalue weighted by atomic mass is 9.75. The zero-order chi connectivity index (χ0) is 14.3. The average Bonchev–Trinajstić information content (AvgIpc) is 2.31. The first-order valence-corrected chi connectivity index (χ1v) is 7.98. The van der Waals surface area contributed by atoms with Crippen LogP contribution in [0.15, 0.2) is 0 Å². The molecule has 2 nitrogen and oxygen atoms in total. The standard InChI is InChI=1S/C13H25O2P.C2H6/c1-9-5-7-11(8-6-9)13(3,4)15-12(14)10(2)16;1-2/h9-11H,5-8,16H2,1-4H3;1-2H3. The molecule has 0 N–H and O–H groups in total. The van der Waals surface area contributed by atoms with Crippen LogP contribution in [-0.2, 0) is 9.53 Å². The monoisotopic (exact) mass is 274 g/mol. The smallest absolute Gasteiger partial charge is 0.313 e. The van der Waals surface area contributed by atoms with Gasteiger partial charge in [0.15, 0.2) is 0 Å². The van der Waals surface area contributed by atoms with Crippen LogP contribution >= 0.6 is 9.24 Å². The SMILES string of the molecule is CC.CC1CCC(C(C)(C)OC(=O)C(C)P)CC1. The summed E-state index contributed by atoms with van der Waals surface area (Å²) in [4.78, 5) is 11.6. The fourth-order valence-electron chi connectivity index (χ4n) is 2.39. The van der Waals surface area contributed by atoms with Crippen molar-refractivity contribution in [3.05, 3.63) is 0 Å². The number of carbonyl (C=O) groups is 1. The van der Waals surface area contributed by atoms with Crippen molar-refractivity contribution in [3.8, 4) is 0 Å². The van der Waals surface area contributed by atoms with Gasteiger partial charge in [0.25, 0.3) is 0 Å². The van der Waals surface area contributed by atoms with E-state index in [2.05, 4.69) is 30.0 Å². The molecule has 0 aliphatic heterocycles. The molecule has 1 saturated carbocycles. The molecule has 1 rings (SSSR count). The summed E-state index contributed by atoms with van der Waals surface area (Å²) in [7, 11) is 2.50. The number of esters is 1. The van der Waals surface area contributed by atoms with Gasteiger partial charge in [-0.1, -0.05) is 33.6 Å². The van der Waals surface area contributed by atoms with E-state index < -0.39 is 0 Å². The molecule has 0 saturated heterocycles. The zero-order valence-electron chi connectivity index (χ0n) is 13.0. The molecule has 1 aliphatic carbocycles. The van der Waals surface area contributed by atoms with Gasteiger partial charge in [0, 0.05) is 0 Å². The fourth-order valence-corrected chi connectivity index (χ4v) is 2.46. The highest BCUT2D eigenvalue weighted by atomic mass is 31.0. The molecule has 108 valence electrons. The molecular formula is C15H31O2P. The normalized spacial score (nSPS) is 25.7. The van der Waals surface area contributed by atoms with Crippen molar-refractivity contribution >= 4 is 15.2 Å². The molecule has 1 aliphatic rings. The lowest BCUT2D eigenvalue weighted by Crippen LogP contribution is -2.40. The zero-order valence-corrected chi connectivity index (χ0v) is 14.1. The van der Waals surface area contributed by atoms with Gasteiger partial charge in [-0.05, 0) is 45.4 Å². The van der Waals surface area contributed by atoms with E-state index in [1.165, 1.54) is 25.7 Å². The Bertz CT molecular complexity index is 241. The molecule has 1 fully saturated rings. The molecule has 3 heteroatoms. The molecule has 0 spiro atoms. The number of ether oxygens (including phenoxy) is 1. The van der Waals surface area contributed by atoms with Crippen LogP contribution in [0.2, 0.25) is 0 Å². The van der Waals surface area contributed by atoms with Crippen molar-refractivity contribution in [2.45, 2.75) is 78.5 Å². The van der Waals surface area contributed by atoms with Crippen LogP contribution in [0.5, 0.6) is 0 Å². The van der Waals surface area contributed by atoms with E-state index in [-0.39, 0.29) is 17.2 Å². The highest BCUT2D eigenvalue weighted by molar-refractivity contribution is 7.19. The number of hydrogen-bond acceptors (Lipinski definition) is 2. The fraction of sp³-hybridized carbons (Fsp3) is 0.933. The second kappa shape index (κ2) is 8.15. The summed E-state index contributed by atoms with van der Waals surface area (Å²) in [5, 5.41) is 0. The van der Waals surface area contributed by atoms with Crippen molar-refractivity contribution < 1.29 is 9.53 Å². The Hall–Kier alpha value is -0.100. The molecule has 0 amide bonds. The van der Waals surface area contributed by atoms with E-state index in [0.717, 1.165) is 5.92 Å². The first-order chi connectivity index (χ1) is 8.33. The summed E-state index contributed by atoms with van der Waals surface area (Å²) in [6, 6.07) is 0. The summed E-state index contributed by atoms with van der Waals surface area (Å²) in [5.74, 6) is 1.26. The molecule has 0 heterocycles. The van der Waals surface area contributed by atoms with Crippen molar-refractivity contribution in [2.75, 3.05) is 0 Å². The van der Waals surface area contributed by atoms with Gasteiger partial charge in [-0.2, -0.15) is 0 Å². The van der Waals surface area contributed by atoms with Crippen LogP contribution in [0, 0.1) is 11.8 Å². The van der Waals surface area contributed by atoms with Crippen molar-refractivity contribution in [3.63, 3.8) is 0 Å². The maximum atomic E-state index is 11.6. The summed E-state index contributed by atoms with van der Waals surface area (Å²) < 4.78 is 5.61. The minimum Gasteiger partial charge on any atom is -0.459 e. The Balaban J connectivity index is 0.00000137. The summed E-state index contributed by atoms with van der Waals surface area (Å²) in [6.45, 7) is 12.3. The van der Waals surface area contributed by atoms with Crippen molar-refractivity contribution in [1.82, 2.24) is 0 Å². The van der Waals surface area contributed by atoms with E-state index in [9.17, 15) is 4.79 Å². The Morgan fingerprint density at radius 3 is 2.06 bits per heavy atom. The van der Waals surface area contributed by atoms with E-state index in [0.29, 0.717) is 5.92 Å². The average molecular weight is 274 g/mol. The van der Waals surface area contributed by atoms with Gasteiger partial charge in [-0.25, -0.2) is 0 Å². The second-order valence-corrected chi connectivity index (χ2v) is 6.77. The maximum Gasteiger partial charge on any atom is 0.313 e. The van der Waals surface area contributed by atoms with Gasteiger partial charge in [-0.3, -0.25) is 4.79 Å². The number of carbonyl (C=O) groups excluding carboxylic acids is 1. The highest BCUT2D eigenvalue weighted by Gasteiger charge is 2.35. The molecule has 0 aromatic carbocycles. The lowest BCUT2D eigenvalue weighted by molar-refractivity contribution is -0.162. The molecular weight excluding hydrogens is 243 g/mol. The Kier molecular flexibility index (Phi) is 8.10. The van der Waals surface area contributed by atoms with E-state index in [1.807, 2.05) is 20.8 Å². The first-order valence-electron chi connectivity index (χ1n) is 7.31. The van der Waals surface area contributed by atoms with E-state index >= 15 is 0 Å². The molecule has 18 heavy (non-hydrogen) atoms. The molecule has 2 atom stereocenters. The van der Waals surface area contributed by atoms with Crippen LogP contribution in [-0.4, -0.2) is 17.2 Å². The van der Waals surface area contributed by atoms with Gasteiger partial charge in [0.1, 0.15) is 5.60 Å². The van der Waals surface area contributed by atoms with Crippen LogP contribution < -0.4 is 0 Å². The quantitative estimate of drug-likeness (QED) is 0.562. The highest BCUT2D eigenvalue weighted by Crippen LogP contribution is 2.37. The molecule has 0 radical (unpaired) electrons. The molecule has 0 aromatic heterocycles. The Labute approximate surface area is 115 Å². The van der Waals surface area contributed by atoms with Crippen LogP contribution in [0.25, 0.3) is 0 Å². The van der Waals surface area contributed by atoms with Crippen molar-refractivity contribution in [1.29, 1.82) is 0 Å². The van der Waals surface area contributed by atoms with Gasteiger partial charge >= 0.3 is 5.97 Å². The predicted molar refractivity (Wildman–Crippen MR) is 81.8 cm³/mol. The molecule has 2 unspecified atom stereocenters. The molecule has 0 aromatic rings. The molecule has 0 bridgehead atoms. The van der Waals surface area contributed by atoms with Crippen LogP contribution in [0.4, 0.5) is 0 Å². The van der Waals surface area contributed by atoms with Gasteiger partial charge < -0.3 is 4.74 Å². The van der Waals surface area contributed by atoms with Gasteiger partial charge in [-0.15, -0.1) is 9.24 Å². The predicted octanol–water partition coefficient (Wildman–Crippen LogP) is 4.42. The largest absolute Gasteiger partial charge is 0.459 e. The summed E-state index contributed by atoms with van der Waals surface area (Å²) in [6.07, 6.45) is 4.91. The topological polar surface area (TPSA) is 26.3 Å². The lowest BCUT2D eigenvalue weighted by Gasteiger charge is -2.38. The number of hydrogen-bond donors (Lipinski definition) is 0. The second-order valence-electron chi connectivity index (χ2n) is 5.77. The van der Waals surface area contributed by atoms with E-state index in [1.54, 1.807) is 0 Å². The van der Waals surface area contributed by atoms with Crippen LogP contribution in [0.1, 0.15) is 67.2 Å². The third kappa shape index (κ3) is 5.69.